The van der Waals surface area contributed by atoms with E-state index in [1.807, 2.05) is 62.1 Å². The Morgan fingerprint density at radius 3 is 2.67 bits per heavy atom. The van der Waals surface area contributed by atoms with E-state index >= 15 is 0 Å². The molecular weight excluding hydrogens is 320 g/mol. The second kappa shape index (κ2) is 7.19. The summed E-state index contributed by atoms with van der Waals surface area (Å²) in [7, 11) is 5.95. The van der Waals surface area contributed by atoms with E-state index < -0.39 is 0 Å². The van der Waals surface area contributed by atoms with Crippen LogP contribution in [0.2, 0.25) is 0 Å². The summed E-state index contributed by atoms with van der Waals surface area (Å²) in [5.74, 6) is 0.509. The number of nitrogens with zero attached hydrogens (tertiary/aromatic N) is 2. The number of thioether (sulfide) groups is 1. The molecule has 5 heteroatoms. The summed E-state index contributed by atoms with van der Waals surface area (Å²) in [5, 5.41) is 1.71. The van der Waals surface area contributed by atoms with Crippen molar-refractivity contribution < 1.29 is 9.21 Å². The van der Waals surface area contributed by atoms with Crippen LogP contribution in [0.15, 0.2) is 28.7 Å². The summed E-state index contributed by atoms with van der Waals surface area (Å²) in [6.07, 6.45) is 5.50. The molecule has 2 aromatic rings. The van der Waals surface area contributed by atoms with Crippen molar-refractivity contribution in [2.75, 3.05) is 27.4 Å². The molecule has 1 amide bonds. The van der Waals surface area contributed by atoms with Gasteiger partial charge in [-0.05, 0) is 45.7 Å². The smallest absolute Gasteiger partial charge is 0.289 e. The molecular formula is C19H26N2O2S. The minimum absolute atomic E-state index is 0.00908. The first kappa shape index (κ1) is 17.4. The van der Waals surface area contributed by atoms with E-state index in [0.29, 0.717) is 23.6 Å². The fraction of sp³-hybridized carbons (Fsp3) is 0.526. The van der Waals surface area contributed by atoms with Gasteiger partial charge in [-0.15, -0.1) is 0 Å². The van der Waals surface area contributed by atoms with E-state index in [1.54, 1.807) is 0 Å². The standard InChI is InChI=1S/C19H26N2O2S/c1-20(2)12-16-15-7-5-6-8-17(15)23-18(16)19(22)21(3)13-9-10-14(11-13)24-4/h5-8,13-14H,9-12H2,1-4H3/t13-,14-/m0/s1. The minimum Gasteiger partial charge on any atom is -0.451 e. The van der Waals surface area contributed by atoms with E-state index in [-0.39, 0.29) is 5.91 Å². The summed E-state index contributed by atoms with van der Waals surface area (Å²) >= 11 is 1.91. The third kappa shape index (κ3) is 3.33. The van der Waals surface area contributed by atoms with Gasteiger partial charge in [0.1, 0.15) is 5.58 Å². The van der Waals surface area contributed by atoms with Crippen molar-refractivity contribution in [3.63, 3.8) is 0 Å². The molecule has 0 radical (unpaired) electrons. The van der Waals surface area contributed by atoms with Crippen molar-refractivity contribution in [3.8, 4) is 0 Å². The van der Waals surface area contributed by atoms with Gasteiger partial charge in [-0.3, -0.25) is 4.79 Å². The molecule has 1 fully saturated rings. The van der Waals surface area contributed by atoms with Gasteiger partial charge in [0.15, 0.2) is 5.76 Å². The molecule has 2 atom stereocenters. The highest BCUT2D eigenvalue weighted by molar-refractivity contribution is 7.99. The number of hydrogen-bond acceptors (Lipinski definition) is 4. The van der Waals surface area contributed by atoms with Crippen molar-refractivity contribution in [1.82, 2.24) is 9.80 Å². The summed E-state index contributed by atoms with van der Waals surface area (Å²) < 4.78 is 5.97. The minimum atomic E-state index is 0.00908. The lowest BCUT2D eigenvalue weighted by Gasteiger charge is -2.24. The topological polar surface area (TPSA) is 36.7 Å². The number of furan rings is 1. The van der Waals surface area contributed by atoms with Crippen LogP contribution in [0.4, 0.5) is 0 Å². The van der Waals surface area contributed by atoms with Crippen molar-refractivity contribution in [3.05, 3.63) is 35.6 Å². The van der Waals surface area contributed by atoms with Crippen LogP contribution in [0.5, 0.6) is 0 Å². The number of benzene rings is 1. The maximum Gasteiger partial charge on any atom is 0.289 e. The Labute approximate surface area is 148 Å². The fourth-order valence-electron chi connectivity index (χ4n) is 3.55. The van der Waals surface area contributed by atoms with E-state index in [2.05, 4.69) is 11.2 Å². The van der Waals surface area contributed by atoms with Crippen LogP contribution < -0.4 is 0 Å². The molecule has 1 aliphatic carbocycles. The molecule has 1 aromatic heterocycles. The number of fused-ring (bicyclic) bond motifs is 1. The van der Waals surface area contributed by atoms with E-state index in [0.717, 1.165) is 29.4 Å². The van der Waals surface area contributed by atoms with Crippen molar-refractivity contribution >= 4 is 28.6 Å². The molecule has 0 aliphatic heterocycles. The lowest BCUT2D eigenvalue weighted by atomic mass is 10.1. The molecule has 24 heavy (non-hydrogen) atoms. The lowest BCUT2D eigenvalue weighted by Crippen LogP contribution is -2.36. The van der Waals surface area contributed by atoms with E-state index in [9.17, 15) is 4.79 Å². The van der Waals surface area contributed by atoms with Gasteiger partial charge in [-0.2, -0.15) is 11.8 Å². The first-order chi connectivity index (χ1) is 11.5. The lowest BCUT2D eigenvalue weighted by molar-refractivity contribution is 0.0703. The summed E-state index contributed by atoms with van der Waals surface area (Å²) in [6, 6.07) is 8.23. The number of amides is 1. The SMILES string of the molecule is CS[C@H]1CC[C@H](N(C)C(=O)c2oc3ccccc3c2CN(C)C)C1. The summed E-state index contributed by atoms with van der Waals surface area (Å²) in [6.45, 7) is 0.698. The van der Waals surface area contributed by atoms with Gasteiger partial charge in [-0.1, -0.05) is 18.2 Å². The third-order valence-electron chi connectivity index (χ3n) is 4.93. The van der Waals surface area contributed by atoms with Crippen LogP contribution in [0.25, 0.3) is 11.0 Å². The predicted octanol–water partition coefficient (Wildman–Crippen LogP) is 3.85. The molecule has 1 heterocycles. The first-order valence-electron chi connectivity index (χ1n) is 8.46. The highest BCUT2D eigenvalue weighted by atomic mass is 32.2. The van der Waals surface area contributed by atoms with Gasteiger partial charge >= 0.3 is 0 Å². The zero-order valence-electron chi connectivity index (χ0n) is 14.9. The van der Waals surface area contributed by atoms with Crippen LogP contribution in [0.1, 0.15) is 35.4 Å². The third-order valence-corrected chi connectivity index (χ3v) is 6.02. The van der Waals surface area contributed by atoms with Gasteiger partial charge in [0, 0.05) is 35.8 Å². The molecule has 130 valence electrons. The number of hydrogen-bond donors (Lipinski definition) is 0. The Morgan fingerprint density at radius 2 is 2.00 bits per heavy atom. The van der Waals surface area contributed by atoms with Crippen LogP contribution in [-0.4, -0.2) is 54.4 Å². The van der Waals surface area contributed by atoms with Crippen LogP contribution in [-0.2, 0) is 6.54 Å². The molecule has 0 saturated heterocycles. The van der Waals surface area contributed by atoms with Gasteiger partial charge < -0.3 is 14.2 Å². The van der Waals surface area contributed by atoms with E-state index in [4.69, 9.17) is 4.42 Å². The van der Waals surface area contributed by atoms with E-state index in [1.165, 1.54) is 6.42 Å². The normalized spacial score (nSPS) is 20.9. The molecule has 1 saturated carbocycles. The number of para-hydroxylation sites is 1. The van der Waals surface area contributed by atoms with Crippen molar-refractivity contribution in [1.29, 1.82) is 0 Å². The molecule has 0 bridgehead atoms. The van der Waals surface area contributed by atoms with Crippen molar-refractivity contribution in [2.24, 2.45) is 0 Å². The second-order valence-corrected chi connectivity index (χ2v) is 8.02. The molecule has 1 aliphatic rings. The van der Waals surface area contributed by atoms with Crippen LogP contribution in [0, 0.1) is 0 Å². The quantitative estimate of drug-likeness (QED) is 0.824. The predicted molar refractivity (Wildman–Crippen MR) is 101 cm³/mol. The molecule has 3 rings (SSSR count). The highest BCUT2D eigenvalue weighted by Gasteiger charge is 2.32. The zero-order valence-corrected chi connectivity index (χ0v) is 15.7. The molecule has 0 spiro atoms. The number of carbonyl (C=O) groups excluding carboxylic acids is 1. The molecule has 0 unspecified atom stereocenters. The Morgan fingerprint density at radius 1 is 1.25 bits per heavy atom. The Balaban J connectivity index is 1.91. The van der Waals surface area contributed by atoms with Gasteiger partial charge in [-0.25, -0.2) is 0 Å². The van der Waals surface area contributed by atoms with Gasteiger partial charge in [0.2, 0.25) is 0 Å². The Kier molecular flexibility index (Phi) is 5.21. The Hall–Kier alpha value is -1.46. The highest BCUT2D eigenvalue weighted by Crippen LogP contribution is 2.33. The number of carbonyl (C=O) groups is 1. The number of rotatable bonds is 5. The first-order valence-corrected chi connectivity index (χ1v) is 9.75. The van der Waals surface area contributed by atoms with Crippen molar-refractivity contribution in [2.45, 2.75) is 37.1 Å². The second-order valence-electron chi connectivity index (χ2n) is 6.88. The summed E-state index contributed by atoms with van der Waals surface area (Å²) in [4.78, 5) is 17.1. The average Bonchev–Trinajstić information content (AvgIpc) is 3.18. The maximum absolute atomic E-state index is 13.1. The van der Waals surface area contributed by atoms with Crippen LogP contribution in [0.3, 0.4) is 0 Å². The molecule has 1 aromatic carbocycles. The molecule has 0 N–H and O–H groups in total. The van der Waals surface area contributed by atoms with Gasteiger partial charge in [0.25, 0.3) is 5.91 Å². The van der Waals surface area contributed by atoms with Crippen LogP contribution >= 0.6 is 11.8 Å². The zero-order chi connectivity index (χ0) is 17.3. The van der Waals surface area contributed by atoms with Gasteiger partial charge in [0.05, 0.1) is 0 Å². The maximum atomic E-state index is 13.1. The summed E-state index contributed by atoms with van der Waals surface area (Å²) in [5.41, 5.74) is 1.78. The Bertz CT molecular complexity index is 725. The average molecular weight is 346 g/mol. The fourth-order valence-corrected chi connectivity index (χ4v) is 4.34. The monoisotopic (exact) mass is 346 g/mol. The largest absolute Gasteiger partial charge is 0.451 e. The molecule has 4 nitrogen and oxygen atoms in total.